The summed E-state index contributed by atoms with van der Waals surface area (Å²) >= 11 is 0. The number of aryl methyl sites for hydroxylation is 1. The molecule has 1 saturated heterocycles. The Bertz CT molecular complexity index is 1980. The highest BCUT2D eigenvalue weighted by Gasteiger charge is 2.18. The first-order valence-corrected chi connectivity index (χ1v) is 15.1. The number of benzene rings is 4. The summed E-state index contributed by atoms with van der Waals surface area (Å²) in [6.07, 6.45) is 5.82. The Hall–Kier alpha value is -5.01. The molecule has 0 atom stereocenters. The van der Waals surface area contributed by atoms with Crippen molar-refractivity contribution in [3.63, 3.8) is 0 Å². The van der Waals surface area contributed by atoms with E-state index in [4.69, 9.17) is 0 Å². The number of aliphatic hydroxyl groups excluding tert-OH is 1. The molecule has 0 radical (unpaired) electrons. The van der Waals surface area contributed by atoms with E-state index in [1.165, 1.54) is 0 Å². The summed E-state index contributed by atoms with van der Waals surface area (Å²) in [5.41, 5.74) is 7.37. The molecule has 7 rings (SSSR count). The zero-order chi connectivity index (χ0) is 30.2. The molecule has 2 aromatic heterocycles. The van der Waals surface area contributed by atoms with E-state index in [2.05, 4.69) is 10.00 Å². The van der Waals surface area contributed by atoms with E-state index in [9.17, 15) is 14.7 Å². The highest BCUT2D eigenvalue weighted by Crippen LogP contribution is 2.24. The maximum absolute atomic E-state index is 13.1. The summed E-state index contributed by atoms with van der Waals surface area (Å²) in [6.45, 7) is 1.66. The number of ketones is 2. The lowest BCUT2D eigenvalue weighted by Gasteiger charge is -2.31. The largest absolute Gasteiger partial charge is 0.393 e. The molecule has 3 heterocycles. The predicted octanol–water partition coefficient (Wildman–Crippen LogP) is 6.33. The Morgan fingerprint density at radius 2 is 1.36 bits per heavy atom. The molecule has 0 unspecified atom stereocenters. The fraction of sp³-hybridized carbons (Fsp3) is 0.216. The molecule has 0 amide bonds. The minimum Gasteiger partial charge on any atom is -0.393 e. The molecule has 6 aromatic rings. The van der Waals surface area contributed by atoms with Crippen molar-refractivity contribution in [1.29, 1.82) is 0 Å². The van der Waals surface area contributed by atoms with Gasteiger partial charge in [0.1, 0.15) is 0 Å². The van der Waals surface area contributed by atoms with E-state index in [0.717, 1.165) is 75.8 Å². The number of aliphatic hydroxyl groups is 1. The smallest absolute Gasteiger partial charge is 0.167 e. The molecule has 0 saturated carbocycles. The van der Waals surface area contributed by atoms with Crippen LogP contribution in [0.25, 0.3) is 27.5 Å². The van der Waals surface area contributed by atoms with Gasteiger partial charge in [0.05, 0.1) is 23.5 Å². The maximum atomic E-state index is 13.1. The molecule has 0 bridgehead atoms. The van der Waals surface area contributed by atoms with Crippen molar-refractivity contribution < 1.29 is 14.7 Å². The summed E-state index contributed by atoms with van der Waals surface area (Å²) in [5.74, 6) is 0.167. The van der Waals surface area contributed by atoms with Gasteiger partial charge in [-0.1, -0.05) is 18.2 Å². The average Bonchev–Trinajstić information content (AvgIpc) is 3.64. The number of carbonyl (C=O) groups excluding carboxylic acids is 2. The highest BCUT2D eigenvalue weighted by molar-refractivity contribution is 6.01. The van der Waals surface area contributed by atoms with Crippen molar-refractivity contribution in [2.75, 3.05) is 18.0 Å². The van der Waals surface area contributed by atoms with Crippen molar-refractivity contribution in [2.45, 2.75) is 31.8 Å². The quantitative estimate of drug-likeness (QED) is 0.212. The summed E-state index contributed by atoms with van der Waals surface area (Å²) in [5, 5.41) is 16.4. The average molecular weight is 583 g/mol. The molecule has 4 aromatic carbocycles. The van der Waals surface area contributed by atoms with Crippen LogP contribution in [-0.4, -0.2) is 50.2 Å². The molecule has 1 aliphatic heterocycles. The van der Waals surface area contributed by atoms with Gasteiger partial charge in [-0.05, 0) is 96.8 Å². The Morgan fingerprint density at radius 1 is 0.727 bits per heavy atom. The van der Waals surface area contributed by atoms with Crippen LogP contribution in [0.4, 0.5) is 5.69 Å². The van der Waals surface area contributed by atoms with Gasteiger partial charge in [0.25, 0.3) is 0 Å². The van der Waals surface area contributed by atoms with E-state index in [1.807, 2.05) is 120 Å². The standard InChI is InChI=1S/C37H34N4O3/c1-39-17-14-28-23-29(7-13-34(28)39)37(44)21-25-2-8-32(9-3-25)41-35-12-4-26(20-30(35)24-38-41)22-36(43)27-5-10-31(11-6-27)40-18-15-33(42)16-19-40/h2-14,17,20,23-24,33,42H,15-16,18-19,21-22H2,1H3. The molecule has 7 heteroatoms. The number of hydrogen-bond acceptors (Lipinski definition) is 5. The van der Waals surface area contributed by atoms with Gasteiger partial charge < -0.3 is 14.6 Å². The van der Waals surface area contributed by atoms with E-state index in [0.29, 0.717) is 18.4 Å². The summed E-state index contributed by atoms with van der Waals surface area (Å²) in [4.78, 5) is 28.3. The van der Waals surface area contributed by atoms with Crippen LogP contribution in [0, 0.1) is 0 Å². The van der Waals surface area contributed by atoms with E-state index >= 15 is 0 Å². The van der Waals surface area contributed by atoms with Crippen molar-refractivity contribution in [2.24, 2.45) is 7.05 Å². The van der Waals surface area contributed by atoms with Gasteiger partial charge >= 0.3 is 0 Å². The fourth-order valence-corrected chi connectivity index (χ4v) is 6.17. The lowest BCUT2D eigenvalue weighted by Crippen LogP contribution is -2.35. The van der Waals surface area contributed by atoms with Crippen molar-refractivity contribution in [3.8, 4) is 5.69 Å². The molecule has 1 fully saturated rings. The molecular formula is C37H34N4O3. The van der Waals surface area contributed by atoms with Gasteiger partial charge in [-0.3, -0.25) is 9.59 Å². The number of aromatic nitrogens is 3. The minimum absolute atomic E-state index is 0.0752. The Kier molecular flexibility index (Phi) is 7.32. The SMILES string of the molecule is Cn1ccc2cc(C(=O)Cc3ccc(-n4ncc5cc(CC(=O)c6ccc(N7CCC(O)CC7)cc6)ccc54)cc3)ccc21. The van der Waals surface area contributed by atoms with Gasteiger partial charge in [-0.25, -0.2) is 4.68 Å². The number of carbonyl (C=O) groups is 2. The third-order valence-electron chi connectivity index (χ3n) is 8.77. The van der Waals surface area contributed by atoms with E-state index < -0.39 is 0 Å². The molecule has 220 valence electrons. The van der Waals surface area contributed by atoms with Gasteiger partial charge in [0, 0.05) is 72.3 Å². The van der Waals surface area contributed by atoms with Crippen LogP contribution in [0.3, 0.4) is 0 Å². The molecule has 0 spiro atoms. The Morgan fingerprint density at radius 3 is 2.14 bits per heavy atom. The lowest BCUT2D eigenvalue weighted by atomic mass is 10.0. The summed E-state index contributed by atoms with van der Waals surface area (Å²) in [6, 6.07) is 29.7. The van der Waals surface area contributed by atoms with E-state index in [1.54, 1.807) is 0 Å². The number of nitrogens with zero attached hydrogens (tertiary/aromatic N) is 4. The first kappa shape index (κ1) is 27.8. The molecule has 1 aliphatic rings. The number of rotatable bonds is 8. The van der Waals surface area contributed by atoms with Gasteiger partial charge in [-0.2, -0.15) is 5.10 Å². The fourth-order valence-electron chi connectivity index (χ4n) is 6.17. The number of fused-ring (bicyclic) bond motifs is 2. The van der Waals surface area contributed by atoms with Gasteiger partial charge in [-0.15, -0.1) is 0 Å². The van der Waals surface area contributed by atoms with E-state index in [-0.39, 0.29) is 17.7 Å². The number of anilines is 1. The first-order valence-electron chi connectivity index (χ1n) is 15.1. The monoisotopic (exact) mass is 582 g/mol. The number of hydrogen-bond donors (Lipinski definition) is 1. The second-order valence-corrected chi connectivity index (χ2v) is 11.8. The molecule has 0 aliphatic carbocycles. The van der Waals surface area contributed by atoms with Gasteiger partial charge in [0.15, 0.2) is 11.6 Å². The van der Waals surface area contributed by atoms with Crippen LogP contribution in [0.2, 0.25) is 0 Å². The summed E-state index contributed by atoms with van der Waals surface area (Å²) < 4.78 is 3.93. The molecule has 7 nitrogen and oxygen atoms in total. The van der Waals surface area contributed by atoms with Crippen LogP contribution >= 0.6 is 0 Å². The third kappa shape index (κ3) is 5.54. The van der Waals surface area contributed by atoms with Crippen molar-refractivity contribution >= 4 is 39.1 Å². The maximum Gasteiger partial charge on any atom is 0.167 e. The van der Waals surface area contributed by atoms with Crippen molar-refractivity contribution in [3.05, 3.63) is 126 Å². The Balaban J connectivity index is 1.01. The van der Waals surface area contributed by atoms with Crippen molar-refractivity contribution in [1.82, 2.24) is 14.3 Å². The number of Topliss-reactive ketones (excluding diaryl/α,β-unsaturated/α-hetero) is 2. The molecule has 1 N–H and O–H groups in total. The predicted molar refractivity (Wildman–Crippen MR) is 174 cm³/mol. The second-order valence-electron chi connectivity index (χ2n) is 11.8. The molecular weight excluding hydrogens is 548 g/mol. The normalized spacial score (nSPS) is 14.0. The Labute approximate surface area is 256 Å². The summed E-state index contributed by atoms with van der Waals surface area (Å²) in [7, 11) is 2.00. The van der Waals surface area contributed by atoms with Crippen LogP contribution in [-0.2, 0) is 19.9 Å². The number of piperidine rings is 1. The van der Waals surface area contributed by atoms with Crippen LogP contribution in [0.15, 0.2) is 103 Å². The van der Waals surface area contributed by atoms with Crippen LogP contribution in [0.5, 0.6) is 0 Å². The zero-order valence-corrected chi connectivity index (χ0v) is 24.7. The van der Waals surface area contributed by atoms with Crippen LogP contribution in [0.1, 0.15) is 44.7 Å². The first-order chi connectivity index (χ1) is 21.4. The molecule has 44 heavy (non-hydrogen) atoms. The van der Waals surface area contributed by atoms with Gasteiger partial charge in [0.2, 0.25) is 0 Å². The topological polar surface area (TPSA) is 80.4 Å². The highest BCUT2D eigenvalue weighted by atomic mass is 16.3. The zero-order valence-electron chi connectivity index (χ0n) is 24.7. The third-order valence-corrected chi connectivity index (χ3v) is 8.77. The van der Waals surface area contributed by atoms with Crippen LogP contribution < -0.4 is 4.90 Å². The second kappa shape index (κ2) is 11.6. The minimum atomic E-state index is -0.207. The lowest BCUT2D eigenvalue weighted by molar-refractivity contribution is 0.0985.